The summed E-state index contributed by atoms with van der Waals surface area (Å²) in [5.41, 5.74) is 0.991. The zero-order valence-electron chi connectivity index (χ0n) is 14.2. The molecule has 0 atom stereocenters. The number of carbonyl (C=O) groups is 2. The van der Waals surface area contributed by atoms with Gasteiger partial charge in [0.1, 0.15) is 0 Å². The van der Waals surface area contributed by atoms with E-state index in [0.717, 1.165) is 0 Å². The van der Waals surface area contributed by atoms with Gasteiger partial charge in [-0.3, -0.25) is 19.7 Å². The molecule has 0 saturated carbocycles. The van der Waals surface area contributed by atoms with Crippen molar-refractivity contribution in [1.29, 1.82) is 0 Å². The number of nitro groups is 1. The Morgan fingerprint density at radius 3 is 2.33 bits per heavy atom. The van der Waals surface area contributed by atoms with Crippen LogP contribution in [0.4, 0.5) is 11.4 Å². The van der Waals surface area contributed by atoms with E-state index < -0.39 is 10.8 Å². The van der Waals surface area contributed by atoms with Crippen LogP contribution in [0.1, 0.15) is 20.7 Å². The zero-order valence-corrected chi connectivity index (χ0v) is 15.8. The number of nitrogens with zero attached hydrogens (tertiary/aromatic N) is 2. The van der Waals surface area contributed by atoms with Crippen LogP contribution < -0.4 is 5.32 Å². The minimum absolute atomic E-state index is 0.0836. The Hall–Kier alpha value is -2.78. The molecule has 0 aliphatic carbocycles. The Morgan fingerprint density at radius 1 is 1.07 bits per heavy atom. The van der Waals surface area contributed by atoms with Gasteiger partial charge in [0, 0.05) is 36.0 Å². The van der Waals surface area contributed by atoms with Crippen molar-refractivity contribution in [3.05, 3.63) is 68.2 Å². The quantitative estimate of drug-likeness (QED) is 0.589. The molecular formula is C18H16BrN3O5. The number of nitro benzene ring substituents is 1. The Kier molecular flexibility index (Phi) is 5.82. The third-order valence-electron chi connectivity index (χ3n) is 4.09. The molecule has 27 heavy (non-hydrogen) atoms. The summed E-state index contributed by atoms with van der Waals surface area (Å²) in [5.74, 6) is -0.558. The van der Waals surface area contributed by atoms with E-state index in [4.69, 9.17) is 4.74 Å². The molecule has 1 saturated heterocycles. The van der Waals surface area contributed by atoms with Crippen molar-refractivity contribution in [3.8, 4) is 0 Å². The molecule has 8 nitrogen and oxygen atoms in total. The maximum Gasteiger partial charge on any atom is 0.284 e. The van der Waals surface area contributed by atoms with Gasteiger partial charge < -0.3 is 15.0 Å². The van der Waals surface area contributed by atoms with Gasteiger partial charge in [0.2, 0.25) is 0 Å². The first-order valence-electron chi connectivity index (χ1n) is 8.18. The van der Waals surface area contributed by atoms with Gasteiger partial charge in [-0.05, 0) is 52.3 Å². The molecule has 0 bridgehead atoms. The number of amides is 2. The predicted octanol–water partition coefficient (Wildman–Crippen LogP) is 3.08. The second-order valence-corrected chi connectivity index (χ2v) is 6.71. The lowest BCUT2D eigenvalue weighted by Crippen LogP contribution is -2.40. The number of halogens is 1. The molecule has 0 unspecified atom stereocenters. The lowest BCUT2D eigenvalue weighted by Gasteiger charge is -2.26. The van der Waals surface area contributed by atoms with Crippen molar-refractivity contribution in [2.24, 2.45) is 0 Å². The third kappa shape index (κ3) is 4.50. The van der Waals surface area contributed by atoms with Crippen LogP contribution in [0.3, 0.4) is 0 Å². The van der Waals surface area contributed by atoms with Crippen molar-refractivity contribution in [1.82, 2.24) is 4.90 Å². The van der Waals surface area contributed by atoms with Crippen LogP contribution >= 0.6 is 15.9 Å². The van der Waals surface area contributed by atoms with Gasteiger partial charge in [-0.15, -0.1) is 0 Å². The molecule has 2 amide bonds. The molecule has 0 spiro atoms. The Labute approximate surface area is 163 Å². The molecule has 1 aliphatic heterocycles. The molecule has 3 rings (SSSR count). The summed E-state index contributed by atoms with van der Waals surface area (Å²) in [6.07, 6.45) is 0. The first-order valence-corrected chi connectivity index (χ1v) is 8.97. The Balaban J connectivity index is 1.69. The molecule has 1 heterocycles. The molecule has 0 radical (unpaired) electrons. The third-order valence-corrected chi connectivity index (χ3v) is 4.76. The summed E-state index contributed by atoms with van der Waals surface area (Å²) >= 11 is 3.08. The number of benzene rings is 2. The van der Waals surface area contributed by atoms with E-state index >= 15 is 0 Å². The number of hydrogen-bond acceptors (Lipinski definition) is 5. The fourth-order valence-corrected chi connectivity index (χ4v) is 3.03. The molecule has 1 aliphatic rings. The van der Waals surface area contributed by atoms with Crippen molar-refractivity contribution in [2.75, 3.05) is 31.6 Å². The maximum absolute atomic E-state index is 12.4. The van der Waals surface area contributed by atoms with Crippen molar-refractivity contribution >= 4 is 39.1 Å². The highest BCUT2D eigenvalue weighted by atomic mass is 79.9. The number of nitrogens with one attached hydrogen (secondary N) is 1. The first-order chi connectivity index (χ1) is 13.0. The highest BCUT2D eigenvalue weighted by Gasteiger charge is 2.19. The van der Waals surface area contributed by atoms with E-state index in [0.29, 0.717) is 42.0 Å². The summed E-state index contributed by atoms with van der Waals surface area (Å²) in [6, 6.07) is 10.7. The van der Waals surface area contributed by atoms with E-state index in [-0.39, 0.29) is 17.2 Å². The maximum atomic E-state index is 12.4. The number of rotatable bonds is 4. The SMILES string of the molecule is O=C(Nc1ccc(C(=O)N2CCOCC2)cc1)c1ccc(Br)c([N+](=O)[O-])c1. The first kappa shape index (κ1) is 19.0. The van der Waals surface area contributed by atoms with E-state index in [1.54, 1.807) is 29.2 Å². The van der Waals surface area contributed by atoms with E-state index in [9.17, 15) is 19.7 Å². The Bertz CT molecular complexity index is 879. The summed E-state index contributed by atoms with van der Waals surface area (Å²) in [7, 11) is 0. The second kappa shape index (κ2) is 8.28. The standard InChI is InChI=1S/C18H16BrN3O5/c19-15-6-3-13(11-16(15)22(25)26)17(23)20-14-4-1-12(2-5-14)18(24)21-7-9-27-10-8-21/h1-6,11H,7-10H2,(H,20,23). The van der Waals surface area contributed by atoms with Gasteiger partial charge in [-0.1, -0.05) is 0 Å². The highest BCUT2D eigenvalue weighted by Crippen LogP contribution is 2.26. The van der Waals surface area contributed by atoms with E-state index in [2.05, 4.69) is 21.2 Å². The minimum Gasteiger partial charge on any atom is -0.378 e. The number of hydrogen-bond donors (Lipinski definition) is 1. The molecule has 2 aromatic rings. The fraction of sp³-hybridized carbons (Fsp3) is 0.222. The number of anilines is 1. The van der Waals surface area contributed by atoms with Gasteiger partial charge in [0.15, 0.2) is 0 Å². The van der Waals surface area contributed by atoms with Gasteiger partial charge in [-0.25, -0.2) is 0 Å². The van der Waals surface area contributed by atoms with Crippen LogP contribution in [0.2, 0.25) is 0 Å². The van der Waals surface area contributed by atoms with Gasteiger partial charge in [0.05, 0.1) is 22.6 Å². The van der Waals surface area contributed by atoms with Crippen LogP contribution in [0.25, 0.3) is 0 Å². The highest BCUT2D eigenvalue weighted by molar-refractivity contribution is 9.10. The van der Waals surface area contributed by atoms with E-state index in [1.165, 1.54) is 18.2 Å². The molecule has 1 fully saturated rings. The summed E-state index contributed by atoms with van der Waals surface area (Å²) in [4.78, 5) is 36.9. The Morgan fingerprint density at radius 2 is 1.70 bits per heavy atom. The monoisotopic (exact) mass is 433 g/mol. The molecule has 9 heteroatoms. The second-order valence-electron chi connectivity index (χ2n) is 5.86. The van der Waals surface area contributed by atoms with Crippen LogP contribution in [-0.2, 0) is 4.74 Å². The van der Waals surface area contributed by atoms with Gasteiger partial charge in [-0.2, -0.15) is 0 Å². The lowest BCUT2D eigenvalue weighted by molar-refractivity contribution is -0.385. The lowest BCUT2D eigenvalue weighted by atomic mass is 10.1. The topological polar surface area (TPSA) is 102 Å². The van der Waals surface area contributed by atoms with Crippen LogP contribution in [0.5, 0.6) is 0 Å². The van der Waals surface area contributed by atoms with Gasteiger partial charge in [0.25, 0.3) is 17.5 Å². The summed E-state index contributed by atoms with van der Waals surface area (Å²) in [5, 5.41) is 13.7. The molecule has 2 aromatic carbocycles. The number of morpholine rings is 1. The van der Waals surface area contributed by atoms with Crippen LogP contribution in [-0.4, -0.2) is 47.9 Å². The molecular weight excluding hydrogens is 418 g/mol. The predicted molar refractivity (Wildman–Crippen MR) is 102 cm³/mol. The summed E-state index contributed by atoms with van der Waals surface area (Å²) < 4.78 is 5.54. The largest absolute Gasteiger partial charge is 0.378 e. The van der Waals surface area contributed by atoms with Crippen LogP contribution in [0.15, 0.2) is 46.9 Å². The van der Waals surface area contributed by atoms with Crippen LogP contribution in [0, 0.1) is 10.1 Å². The molecule has 140 valence electrons. The fourth-order valence-electron chi connectivity index (χ4n) is 2.64. The average Bonchev–Trinajstić information content (AvgIpc) is 2.68. The number of carbonyl (C=O) groups excluding carboxylic acids is 2. The van der Waals surface area contributed by atoms with Crippen molar-refractivity contribution in [2.45, 2.75) is 0 Å². The van der Waals surface area contributed by atoms with Crippen molar-refractivity contribution in [3.63, 3.8) is 0 Å². The molecule has 0 aromatic heterocycles. The smallest absolute Gasteiger partial charge is 0.284 e. The van der Waals surface area contributed by atoms with Crippen molar-refractivity contribution < 1.29 is 19.2 Å². The minimum atomic E-state index is -0.563. The summed E-state index contributed by atoms with van der Waals surface area (Å²) in [6.45, 7) is 2.16. The van der Waals surface area contributed by atoms with Gasteiger partial charge >= 0.3 is 0 Å². The zero-order chi connectivity index (χ0) is 19.4. The number of ether oxygens (including phenoxy) is 1. The molecule has 1 N–H and O–H groups in total. The average molecular weight is 434 g/mol. The van der Waals surface area contributed by atoms with E-state index in [1.807, 2.05) is 0 Å². The normalized spacial score (nSPS) is 13.9.